The summed E-state index contributed by atoms with van der Waals surface area (Å²) in [5.74, 6) is -0.496. The van der Waals surface area contributed by atoms with Gasteiger partial charge in [-0.05, 0) is 57.4 Å². The number of hydrogen-bond donors (Lipinski definition) is 3. The van der Waals surface area contributed by atoms with Gasteiger partial charge in [-0.25, -0.2) is 9.97 Å². The van der Waals surface area contributed by atoms with Crippen molar-refractivity contribution in [2.45, 2.75) is 83.2 Å². The number of aromatic nitrogens is 2. The summed E-state index contributed by atoms with van der Waals surface area (Å²) in [4.78, 5) is 44.0. The zero-order valence-corrected chi connectivity index (χ0v) is 16.3. The van der Waals surface area contributed by atoms with Crippen molar-refractivity contribution < 1.29 is 19.5 Å². The Bertz CT molecular complexity index is 780. The summed E-state index contributed by atoms with van der Waals surface area (Å²) in [5, 5.41) is 14.7. The van der Waals surface area contributed by atoms with Crippen LogP contribution in [0.15, 0.2) is 0 Å². The van der Waals surface area contributed by atoms with Crippen molar-refractivity contribution in [2.75, 3.05) is 0 Å². The van der Waals surface area contributed by atoms with Crippen LogP contribution in [0.4, 0.5) is 0 Å². The van der Waals surface area contributed by atoms with Crippen LogP contribution in [0, 0.1) is 6.92 Å². The summed E-state index contributed by atoms with van der Waals surface area (Å²) in [6.07, 6.45) is 6.23. The molecular formula is C20H28N4O4. The minimum absolute atomic E-state index is 0.0237. The van der Waals surface area contributed by atoms with E-state index < -0.39 is 11.5 Å². The van der Waals surface area contributed by atoms with Crippen molar-refractivity contribution in [3.63, 3.8) is 0 Å². The normalized spacial score (nSPS) is 21.1. The highest BCUT2D eigenvalue weighted by atomic mass is 16.4. The number of amides is 2. The van der Waals surface area contributed by atoms with E-state index in [1.165, 1.54) is 12.0 Å². The molecule has 3 rings (SSSR count). The minimum Gasteiger partial charge on any atom is -0.481 e. The van der Waals surface area contributed by atoms with Crippen LogP contribution in [0.5, 0.6) is 0 Å². The first-order valence-corrected chi connectivity index (χ1v) is 10.0. The Hall–Kier alpha value is -2.51. The Labute approximate surface area is 164 Å². The lowest BCUT2D eigenvalue weighted by molar-refractivity contribution is -0.137. The molecule has 8 heteroatoms. The lowest BCUT2D eigenvalue weighted by Crippen LogP contribution is -2.43. The third kappa shape index (κ3) is 5.05. The molecule has 2 aliphatic rings. The number of carbonyl (C=O) groups excluding carboxylic acids is 2. The summed E-state index contributed by atoms with van der Waals surface area (Å²) < 4.78 is 0. The summed E-state index contributed by atoms with van der Waals surface area (Å²) in [7, 11) is 0. The smallest absolute Gasteiger partial charge is 0.303 e. The Balaban J connectivity index is 1.53. The molecule has 28 heavy (non-hydrogen) atoms. The highest BCUT2D eigenvalue weighted by molar-refractivity contribution is 5.80. The van der Waals surface area contributed by atoms with Gasteiger partial charge in [0.05, 0.1) is 6.54 Å². The average molecular weight is 388 g/mol. The summed E-state index contributed by atoms with van der Waals surface area (Å²) >= 11 is 0. The molecule has 0 saturated carbocycles. The Morgan fingerprint density at radius 1 is 1.14 bits per heavy atom. The molecule has 8 nitrogen and oxygen atoms in total. The number of nitrogens with zero attached hydrogens (tertiary/aromatic N) is 2. The Morgan fingerprint density at radius 2 is 1.89 bits per heavy atom. The number of rotatable bonds is 8. The number of fused-ring (bicyclic) bond motifs is 1. The second kappa shape index (κ2) is 8.67. The van der Waals surface area contributed by atoms with Crippen LogP contribution in [0.25, 0.3) is 0 Å². The molecule has 1 atom stereocenters. The van der Waals surface area contributed by atoms with Crippen molar-refractivity contribution in [1.82, 2.24) is 20.6 Å². The van der Waals surface area contributed by atoms with E-state index in [4.69, 9.17) is 5.11 Å². The van der Waals surface area contributed by atoms with E-state index in [1.807, 2.05) is 6.92 Å². The number of aryl methyl sites for hydroxylation is 2. The minimum atomic E-state index is -0.898. The number of aliphatic carboxylic acids is 1. The standard InChI is InChI=1S/C20H28N4O4/c1-13-14-4-2-3-5-15(14)23-16(22-13)12-21-17(25)6-9-20(11-8-19(27)28)10-7-18(26)24-20/h2-12H2,1H3,(H,21,25)(H,24,26)(H,27,28)/t20-/m0/s1. The monoisotopic (exact) mass is 388 g/mol. The van der Waals surface area contributed by atoms with Crippen molar-refractivity contribution in [3.05, 3.63) is 22.8 Å². The van der Waals surface area contributed by atoms with Crippen molar-refractivity contribution >= 4 is 17.8 Å². The van der Waals surface area contributed by atoms with Crippen LogP contribution in [0.1, 0.15) is 74.1 Å². The van der Waals surface area contributed by atoms with Gasteiger partial charge in [-0.15, -0.1) is 0 Å². The molecule has 1 aromatic heterocycles. The van der Waals surface area contributed by atoms with Crippen LogP contribution in [0.3, 0.4) is 0 Å². The first-order chi connectivity index (χ1) is 13.4. The third-order valence-electron chi connectivity index (χ3n) is 5.76. The SMILES string of the molecule is Cc1nc(CNC(=O)CC[C@@]2(CCC(=O)O)CCC(=O)N2)nc2c1CCCC2. The lowest BCUT2D eigenvalue weighted by Gasteiger charge is -2.28. The van der Waals surface area contributed by atoms with Gasteiger partial charge in [0.25, 0.3) is 0 Å². The van der Waals surface area contributed by atoms with Gasteiger partial charge in [0.15, 0.2) is 0 Å². The third-order valence-corrected chi connectivity index (χ3v) is 5.76. The van der Waals surface area contributed by atoms with E-state index in [0.717, 1.165) is 30.7 Å². The first kappa shape index (κ1) is 20.2. The van der Waals surface area contributed by atoms with E-state index in [9.17, 15) is 14.4 Å². The Morgan fingerprint density at radius 3 is 2.61 bits per heavy atom. The van der Waals surface area contributed by atoms with Gasteiger partial charge in [-0.3, -0.25) is 14.4 Å². The molecule has 1 aliphatic heterocycles. The topological polar surface area (TPSA) is 121 Å². The summed E-state index contributed by atoms with van der Waals surface area (Å²) in [6.45, 7) is 2.27. The number of carboxylic acids is 1. The van der Waals surface area contributed by atoms with Crippen molar-refractivity contribution in [3.8, 4) is 0 Å². The number of carbonyl (C=O) groups is 3. The second-order valence-electron chi connectivity index (χ2n) is 7.86. The van der Waals surface area contributed by atoms with Gasteiger partial charge in [0, 0.05) is 36.2 Å². The average Bonchev–Trinajstić information content (AvgIpc) is 3.05. The van der Waals surface area contributed by atoms with Crippen LogP contribution in [0.2, 0.25) is 0 Å². The molecule has 152 valence electrons. The van der Waals surface area contributed by atoms with Gasteiger partial charge < -0.3 is 15.7 Å². The molecule has 3 N–H and O–H groups in total. The van der Waals surface area contributed by atoms with Crippen molar-refractivity contribution in [2.24, 2.45) is 0 Å². The Kier molecular flexibility index (Phi) is 6.26. The predicted molar refractivity (Wildman–Crippen MR) is 101 cm³/mol. The zero-order chi connectivity index (χ0) is 20.1. The van der Waals surface area contributed by atoms with Crippen molar-refractivity contribution in [1.29, 1.82) is 0 Å². The molecule has 0 spiro atoms. The molecule has 1 fully saturated rings. The molecule has 0 radical (unpaired) electrons. The van der Waals surface area contributed by atoms with Gasteiger partial charge in [0.1, 0.15) is 5.82 Å². The largest absolute Gasteiger partial charge is 0.481 e. The fourth-order valence-corrected chi connectivity index (χ4v) is 4.16. The van der Waals surface area contributed by atoms with Gasteiger partial charge in [0.2, 0.25) is 11.8 Å². The van der Waals surface area contributed by atoms with E-state index in [-0.39, 0.29) is 31.2 Å². The fourth-order valence-electron chi connectivity index (χ4n) is 4.16. The first-order valence-electron chi connectivity index (χ1n) is 10.0. The maximum atomic E-state index is 12.3. The quantitative estimate of drug-likeness (QED) is 0.622. The molecule has 2 amide bonds. The zero-order valence-electron chi connectivity index (χ0n) is 16.3. The molecule has 0 bridgehead atoms. The number of carboxylic acid groups (broad SMARTS) is 1. The second-order valence-corrected chi connectivity index (χ2v) is 7.86. The summed E-state index contributed by atoms with van der Waals surface area (Å²) in [5.41, 5.74) is 2.75. The number of hydrogen-bond acceptors (Lipinski definition) is 5. The van der Waals surface area contributed by atoms with E-state index >= 15 is 0 Å². The fraction of sp³-hybridized carbons (Fsp3) is 0.650. The molecular weight excluding hydrogens is 360 g/mol. The van der Waals surface area contributed by atoms with Gasteiger partial charge in [-0.2, -0.15) is 0 Å². The van der Waals surface area contributed by atoms with Crippen LogP contribution in [-0.4, -0.2) is 38.4 Å². The maximum absolute atomic E-state index is 12.3. The molecule has 1 aromatic rings. The van der Waals surface area contributed by atoms with Crippen LogP contribution in [-0.2, 0) is 33.8 Å². The molecule has 0 aromatic carbocycles. The maximum Gasteiger partial charge on any atom is 0.303 e. The highest BCUT2D eigenvalue weighted by Gasteiger charge is 2.37. The molecule has 2 heterocycles. The number of nitrogens with one attached hydrogen (secondary N) is 2. The lowest BCUT2D eigenvalue weighted by atomic mass is 9.86. The van der Waals surface area contributed by atoms with Crippen LogP contribution < -0.4 is 10.6 Å². The van der Waals surface area contributed by atoms with E-state index in [2.05, 4.69) is 20.6 Å². The van der Waals surface area contributed by atoms with Crippen LogP contribution >= 0.6 is 0 Å². The molecule has 1 aliphatic carbocycles. The van der Waals surface area contributed by atoms with Gasteiger partial charge in [-0.1, -0.05) is 0 Å². The van der Waals surface area contributed by atoms with Gasteiger partial charge >= 0.3 is 5.97 Å². The predicted octanol–water partition coefficient (Wildman–Crippen LogP) is 1.57. The van der Waals surface area contributed by atoms with E-state index in [1.54, 1.807) is 0 Å². The molecule has 0 unspecified atom stereocenters. The highest BCUT2D eigenvalue weighted by Crippen LogP contribution is 2.30. The van der Waals surface area contributed by atoms with E-state index in [0.29, 0.717) is 31.5 Å². The summed E-state index contributed by atoms with van der Waals surface area (Å²) in [6, 6.07) is 0. The molecule has 1 saturated heterocycles.